The molecule has 1 aromatic carbocycles. The number of ether oxygens (including phenoxy) is 1. The summed E-state index contributed by atoms with van der Waals surface area (Å²) in [4.78, 5) is 22.8. The summed E-state index contributed by atoms with van der Waals surface area (Å²) in [6.45, 7) is 6.64. The predicted octanol–water partition coefficient (Wildman–Crippen LogP) is 2.86. The lowest BCUT2D eigenvalue weighted by Gasteiger charge is -2.11. The summed E-state index contributed by atoms with van der Waals surface area (Å²) in [5, 5.41) is 14.2. The fraction of sp³-hybridized carbons (Fsp3) is 0.286. The first-order valence-corrected chi connectivity index (χ1v) is 7.00. The Morgan fingerprint density at radius 2 is 2.14 bits per heavy atom. The van der Waals surface area contributed by atoms with Crippen LogP contribution in [0.5, 0.6) is 0 Å². The first-order chi connectivity index (χ1) is 9.91. The molecule has 0 spiro atoms. The molecule has 0 aromatic heterocycles. The summed E-state index contributed by atoms with van der Waals surface area (Å²) in [6, 6.07) is 4.15. The number of hydrogen-bond donors (Lipinski definition) is 3. The Morgan fingerprint density at radius 3 is 2.76 bits per heavy atom. The number of aromatic carboxylic acids is 1. The normalized spacial score (nSPS) is 10.0. The monoisotopic (exact) mass is 356 g/mol. The molecule has 114 valence electrons. The van der Waals surface area contributed by atoms with Crippen molar-refractivity contribution in [3.05, 3.63) is 40.4 Å². The van der Waals surface area contributed by atoms with Crippen molar-refractivity contribution >= 4 is 33.6 Å². The second-order valence-corrected chi connectivity index (χ2v) is 5.21. The maximum Gasteiger partial charge on any atom is 0.337 e. The van der Waals surface area contributed by atoms with Crippen molar-refractivity contribution in [2.45, 2.75) is 6.92 Å². The smallest absolute Gasteiger partial charge is 0.337 e. The van der Waals surface area contributed by atoms with E-state index in [1.807, 2.05) is 6.92 Å². The standard InChI is InChI=1S/C14H17BrN2O4/c1-9(2)8-21-7-6-16-14(20)17-12-10(13(18)19)4-3-5-11(12)15/h3-5H,1,6-8H2,2H3,(H,18,19)(H2,16,17,20). The molecule has 0 saturated heterocycles. The van der Waals surface area contributed by atoms with Gasteiger partial charge in [0.15, 0.2) is 0 Å². The van der Waals surface area contributed by atoms with Gasteiger partial charge in [-0.15, -0.1) is 0 Å². The summed E-state index contributed by atoms with van der Waals surface area (Å²) >= 11 is 3.21. The van der Waals surface area contributed by atoms with Gasteiger partial charge < -0.3 is 20.5 Å². The van der Waals surface area contributed by atoms with Crippen molar-refractivity contribution in [1.29, 1.82) is 0 Å². The van der Waals surface area contributed by atoms with E-state index >= 15 is 0 Å². The molecule has 1 rings (SSSR count). The molecular weight excluding hydrogens is 340 g/mol. The molecule has 1 aromatic rings. The summed E-state index contributed by atoms with van der Waals surface area (Å²) in [5.74, 6) is -1.11. The second-order valence-electron chi connectivity index (χ2n) is 4.36. The number of nitrogens with one attached hydrogen (secondary N) is 2. The van der Waals surface area contributed by atoms with E-state index < -0.39 is 12.0 Å². The van der Waals surface area contributed by atoms with Crippen molar-refractivity contribution in [3.8, 4) is 0 Å². The van der Waals surface area contributed by atoms with E-state index in [4.69, 9.17) is 9.84 Å². The van der Waals surface area contributed by atoms with Gasteiger partial charge in [-0.25, -0.2) is 9.59 Å². The highest BCUT2D eigenvalue weighted by atomic mass is 79.9. The van der Waals surface area contributed by atoms with Gasteiger partial charge in [-0.05, 0) is 35.0 Å². The van der Waals surface area contributed by atoms with Crippen LogP contribution in [0, 0.1) is 0 Å². The Labute approximate surface area is 131 Å². The lowest BCUT2D eigenvalue weighted by Crippen LogP contribution is -2.32. The Balaban J connectivity index is 2.52. The Hall–Kier alpha value is -1.86. The molecule has 0 atom stereocenters. The molecule has 0 aliphatic heterocycles. The predicted molar refractivity (Wildman–Crippen MR) is 83.8 cm³/mol. The summed E-state index contributed by atoms with van der Waals surface area (Å²) in [6.07, 6.45) is 0. The molecule has 0 aliphatic carbocycles. The number of halogens is 1. The lowest BCUT2D eigenvalue weighted by molar-refractivity contribution is 0.0698. The van der Waals surface area contributed by atoms with Crippen LogP contribution >= 0.6 is 15.9 Å². The maximum atomic E-state index is 11.7. The molecule has 0 bridgehead atoms. The molecule has 0 saturated carbocycles. The SMILES string of the molecule is C=C(C)COCCNC(=O)Nc1c(Br)cccc1C(=O)O. The Morgan fingerprint density at radius 1 is 1.43 bits per heavy atom. The third kappa shape index (κ3) is 5.97. The van der Waals surface area contributed by atoms with E-state index in [-0.39, 0.29) is 11.3 Å². The molecule has 3 N–H and O–H groups in total. The molecule has 0 fully saturated rings. The van der Waals surface area contributed by atoms with E-state index in [2.05, 4.69) is 33.1 Å². The van der Waals surface area contributed by atoms with Crippen LogP contribution in [-0.4, -0.2) is 36.9 Å². The average molecular weight is 357 g/mol. The molecule has 0 unspecified atom stereocenters. The van der Waals surface area contributed by atoms with E-state index in [1.54, 1.807) is 12.1 Å². The number of benzene rings is 1. The Kier molecular flexibility index (Phi) is 6.90. The zero-order valence-electron chi connectivity index (χ0n) is 11.6. The fourth-order valence-electron chi connectivity index (χ4n) is 1.47. The van der Waals surface area contributed by atoms with Crippen molar-refractivity contribution < 1.29 is 19.4 Å². The highest BCUT2D eigenvalue weighted by molar-refractivity contribution is 9.10. The van der Waals surface area contributed by atoms with Gasteiger partial charge in [0.2, 0.25) is 0 Å². The lowest BCUT2D eigenvalue weighted by atomic mass is 10.2. The summed E-state index contributed by atoms with van der Waals surface area (Å²) < 4.78 is 5.73. The highest BCUT2D eigenvalue weighted by Crippen LogP contribution is 2.26. The van der Waals surface area contributed by atoms with Gasteiger partial charge in [0, 0.05) is 11.0 Å². The van der Waals surface area contributed by atoms with E-state index in [1.165, 1.54) is 6.07 Å². The second kappa shape index (κ2) is 8.43. The van der Waals surface area contributed by atoms with Crippen molar-refractivity contribution in [3.63, 3.8) is 0 Å². The van der Waals surface area contributed by atoms with Gasteiger partial charge in [-0.1, -0.05) is 18.2 Å². The number of rotatable bonds is 7. The highest BCUT2D eigenvalue weighted by Gasteiger charge is 2.14. The van der Waals surface area contributed by atoms with Crippen LogP contribution in [0.15, 0.2) is 34.8 Å². The number of carboxylic acids is 1. The number of carboxylic acid groups (broad SMARTS) is 1. The van der Waals surface area contributed by atoms with Gasteiger partial charge in [-0.2, -0.15) is 0 Å². The number of anilines is 1. The van der Waals surface area contributed by atoms with Gasteiger partial charge in [0.05, 0.1) is 24.5 Å². The fourth-order valence-corrected chi connectivity index (χ4v) is 1.94. The number of para-hydroxylation sites is 1. The zero-order chi connectivity index (χ0) is 15.8. The summed E-state index contributed by atoms with van der Waals surface area (Å²) in [5.41, 5.74) is 1.13. The number of urea groups is 1. The molecule has 2 amide bonds. The van der Waals surface area contributed by atoms with Crippen LogP contribution < -0.4 is 10.6 Å². The van der Waals surface area contributed by atoms with E-state index in [9.17, 15) is 9.59 Å². The largest absolute Gasteiger partial charge is 0.478 e. The van der Waals surface area contributed by atoms with Crippen LogP contribution in [0.4, 0.5) is 10.5 Å². The number of carbonyl (C=O) groups is 2. The van der Waals surface area contributed by atoms with E-state index in [0.717, 1.165) is 5.57 Å². The third-order valence-electron chi connectivity index (χ3n) is 2.36. The number of hydrogen-bond acceptors (Lipinski definition) is 3. The Bertz CT molecular complexity index is 546. The number of amides is 2. The first kappa shape index (κ1) is 17.2. The topological polar surface area (TPSA) is 87.7 Å². The molecule has 0 radical (unpaired) electrons. The van der Waals surface area contributed by atoms with Gasteiger partial charge in [0.25, 0.3) is 0 Å². The minimum atomic E-state index is -1.11. The quantitative estimate of drug-likeness (QED) is 0.517. The van der Waals surface area contributed by atoms with Crippen LogP contribution in [0.1, 0.15) is 17.3 Å². The molecule has 21 heavy (non-hydrogen) atoms. The molecule has 0 heterocycles. The minimum absolute atomic E-state index is 0.0121. The van der Waals surface area contributed by atoms with Crippen molar-refractivity contribution in [2.75, 3.05) is 25.1 Å². The molecule has 6 nitrogen and oxygen atoms in total. The van der Waals surface area contributed by atoms with Crippen LogP contribution in [-0.2, 0) is 4.74 Å². The van der Waals surface area contributed by atoms with Crippen molar-refractivity contribution in [1.82, 2.24) is 5.32 Å². The average Bonchev–Trinajstić information content (AvgIpc) is 2.40. The molecule has 0 aliphatic rings. The van der Waals surface area contributed by atoms with Gasteiger partial charge in [-0.3, -0.25) is 0 Å². The van der Waals surface area contributed by atoms with Crippen LogP contribution in [0.2, 0.25) is 0 Å². The third-order valence-corrected chi connectivity index (χ3v) is 3.02. The first-order valence-electron chi connectivity index (χ1n) is 6.20. The maximum absolute atomic E-state index is 11.7. The summed E-state index contributed by atoms with van der Waals surface area (Å²) in [7, 11) is 0. The number of carbonyl (C=O) groups excluding carboxylic acids is 1. The molecule has 7 heteroatoms. The van der Waals surface area contributed by atoms with Crippen LogP contribution in [0.25, 0.3) is 0 Å². The van der Waals surface area contributed by atoms with Crippen molar-refractivity contribution in [2.24, 2.45) is 0 Å². The van der Waals surface area contributed by atoms with E-state index in [0.29, 0.717) is 24.2 Å². The molecular formula is C14H17BrN2O4. The minimum Gasteiger partial charge on any atom is -0.478 e. The van der Waals surface area contributed by atoms with Crippen LogP contribution in [0.3, 0.4) is 0 Å². The van der Waals surface area contributed by atoms with Gasteiger partial charge in [0.1, 0.15) is 0 Å². The zero-order valence-corrected chi connectivity index (χ0v) is 13.2. The van der Waals surface area contributed by atoms with Gasteiger partial charge >= 0.3 is 12.0 Å².